The zero-order valence-electron chi connectivity index (χ0n) is 8.42. The lowest BCUT2D eigenvalue weighted by atomic mass is 10.3. The molecule has 0 atom stereocenters. The first-order valence-corrected chi connectivity index (χ1v) is 4.33. The normalized spacial score (nSPS) is 10.5. The Labute approximate surface area is 81.9 Å². The third-order valence-corrected chi connectivity index (χ3v) is 2.11. The minimum atomic E-state index is 0.700. The fraction of sp³-hybridized carbons (Fsp3) is 0.300. The molecule has 2 aromatic rings. The molecule has 0 unspecified atom stereocenters. The Morgan fingerprint density at radius 1 is 1.14 bits per heavy atom. The molecule has 0 saturated carbocycles. The molecule has 0 aliphatic carbocycles. The predicted molar refractivity (Wildman–Crippen MR) is 53.9 cm³/mol. The van der Waals surface area contributed by atoms with Crippen LogP contribution in [0, 0.1) is 6.92 Å². The van der Waals surface area contributed by atoms with Crippen LogP contribution in [0.15, 0.2) is 12.1 Å². The molecular formula is C10H12N2O2. The molecule has 0 fully saturated rings. The van der Waals surface area contributed by atoms with Crippen LogP contribution in [0.2, 0.25) is 0 Å². The average Bonchev–Trinajstić information content (AvgIpc) is 2.54. The average molecular weight is 192 g/mol. The van der Waals surface area contributed by atoms with Gasteiger partial charge in [-0.1, -0.05) is 0 Å². The van der Waals surface area contributed by atoms with Gasteiger partial charge in [-0.05, 0) is 6.92 Å². The number of methoxy groups -OCH3 is 2. The third kappa shape index (κ3) is 1.28. The van der Waals surface area contributed by atoms with Crippen molar-refractivity contribution in [1.29, 1.82) is 0 Å². The van der Waals surface area contributed by atoms with E-state index >= 15 is 0 Å². The fourth-order valence-corrected chi connectivity index (χ4v) is 1.46. The molecule has 0 radical (unpaired) electrons. The van der Waals surface area contributed by atoms with Gasteiger partial charge in [-0.25, -0.2) is 4.98 Å². The van der Waals surface area contributed by atoms with E-state index in [1.54, 1.807) is 14.2 Å². The Balaban J connectivity index is 2.68. The predicted octanol–water partition coefficient (Wildman–Crippen LogP) is 1.89. The number of aromatic nitrogens is 2. The number of benzene rings is 1. The van der Waals surface area contributed by atoms with Gasteiger partial charge in [0.2, 0.25) is 0 Å². The highest BCUT2D eigenvalue weighted by atomic mass is 16.5. The molecule has 0 saturated heterocycles. The number of hydrogen-bond donors (Lipinski definition) is 1. The molecule has 4 heteroatoms. The van der Waals surface area contributed by atoms with Gasteiger partial charge in [0, 0.05) is 12.1 Å². The summed E-state index contributed by atoms with van der Waals surface area (Å²) in [6, 6.07) is 3.74. The van der Waals surface area contributed by atoms with Gasteiger partial charge in [-0.15, -0.1) is 0 Å². The van der Waals surface area contributed by atoms with Crippen molar-refractivity contribution in [2.24, 2.45) is 0 Å². The second kappa shape index (κ2) is 3.21. The van der Waals surface area contributed by atoms with Crippen molar-refractivity contribution in [2.45, 2.75) is 6.92 Å². The van der Waals surface area contributed by atoms with Crippen molar-refractivity contribution >= 4 is 11.0 Å². The van der Waals surface area contributed by atoms with Crippen molar-refractivity contribution in [3.63, 3.8) is 0 Å². The highest BCUT2D eigenvalue weighted by molar-refractivity contribution is 5.79. The summed E-state index contributed by atoms with van der Waals surface area (Å²) in [4.78, 5) is 7.44. The van der Waals surface area contributed by atoms with Crippen LogP contribution in [-0.4, -0.2) is 24.2 Å². The molecule has 0 aliphatic rings. The Hall–Kier alpha value is -1.71. The summed E-state index contributed by atoms with van der Waals surface area (Å²) in [5.41, 5.74) is 1.85. The number of H-pyrrole nitrogens is 1. The number of ether oxygens (including phenoxy) is 2. The maximum absolute atomic E-state index is 5.18. The van der Waals surface area contributed by atoms with E-state index in [-0.39, 0.29) is 0 Å². The number of fused-ring (bicyclic) bond motifs is 1. The van der Waals surface area contributed by atoms with Crippen LogP contribution < -0.4 is 9.47 Å². The minimum absolute atomic E-state index is 0.700. The summed E-state index contributed by atoms with van der Waals surface area (Å²) in [5.74, 6) is 2.30. The Morgan fingerprint density at radius 3 is 2.43 bits per heavy atom. The molecule has 0 amide bonds. The van der Waals surface area contributed by atoms with Crippen LogP contribution in [0.3, 0.4) is 0 Å². The lowest BCUT2D eigenvalue weighted by Crippen LogP contribution is -1.89. The Kier molecular flexibility index (Phi) is 2.04. The zero-order chi connectivity index (χ0) is 10.1. The maximum Gasteiger partial charge on any atom is 0.163 e. The second-order valence-electron chi connectivity index (χ2n) is 3.05. The smallest absolute Gasteiger partial charge is 0.163 e. The van der Waals surface area contributed by atoms with Crippen molar-refractivity contribution in [3.05, 3.63) is 18.0 Å². The van der Waals surface area contributed by atoms with Gasteiger partial charge in [0.15, 0.2) is 11.5 Å². The second-order valence-corrected chi connectivity index (χ2v) is 3.05. The number of rotatable bonds is 2. The van der Waals surface area contributed by atoms with E-state index in [9.17, 15) is 0 Å². The van der Waals surface area contributed by atoms with Crippen LogP contribution in [0.5, 0.6) is 11.5 Å². The van der Waals surface area contributed by atoms with Crippen LogP contribution >= 0.6 is 0 Å². The van der Waals surface area contributed by atoms with Gasteiger partial charge in [0.25, 0.3) is 0 Å². The van der Waals surface area contributed by atoms with E-state index < -0.39 is 0 Å². The number of nitrogens with zero attached hydrogens (tertiary/aromatic N) is 1. The molecule has 74 valence electrons. The summed E-state index contributed by atoms with van der Waals surface area (Å²) in [6.45, 7) is 1.92. The van der Waals surface area contributed by atoms with Crippen molar-refractivity contribution in [1.82, 2.24) is 9.97 Å². The Morgan fingerprint density at radius 2 is 1.79 bits per heavy atom. The van der Waals surface area contributed by atoms with Gasteiger partial charge < -0.3 is 14.5 Å². The first-order valence-electron chi connectivity index (χ1n) is 4.33. The number of hydrogen-bond acceptors (Lipinski definition) is 3. The monoisotopic (exact) mass is 192 g/mol. The molecular weight excluding hydrogens is 180 g/mol. The van der Waals surface area contributed by atoms with Gasteiger partial charge in [0.05, 0.1) is 25.3 Å². The fourth-order valence-electron chi connectivity index (χ4n) is 1.46. The van der Waals surface area contributed by atoms with Gasteiger partial charge in [0.1, 0.15) is 5.82 Å². The lowest BCUT2D eigenvalue weighted by Gasteiger charge is -2.06. The van der Waals surface area contributed by atoms with Crippen molar-refractivity contribution in [2.75, 3.05) is 14.2 Å². The first-order chi connectivity index (χ1) is 6.74. The molecule has 14 heavy (non-hydrogen) atoms. The summed E-state index contributed by atoms with van der Waals surface area (Å²) in [6.07, 6.45) is 0. The molecule has 2 rings (SSSR count). The van der Waals surface area contributed by atoms with E-state index in [2.05, 4.69) is 9.97 Å². The standard InChI is InChI=1S/C10H12N2O2/c1-6-11-7-4-9(13-2)10(14-3)5-8(7)12-6/h4-5H,1-3H3,(H,11,12). The van der Waals surface area contributed by atoms with Crippen LogP contribution in [0.25, 0.3) is 11.0 Å². The lowest BCUT2D eigenvalue weighted by molar-refractivity contribution is 0.356. The largest absolute Gasteiger partial charge is 0.493 e. The number of aryl methyl sites for hydroxylation is 1. The molecule has 0 bridgehead atoms. The van der Waals surface area contributed by atoms with E-state index in [0.717, 1.165) is 16.9 Å². The molecule has 0 aliphatic heterocycles. The summed E-state index contributed by atoms with van der Waals surface area (Å²) < 4.78 is 10.4. The van der Waals surface area contributed by atoms with Gasteiger partial charge >= 0.3 is 0 Å². The summed E-state index contributed by atoms with van der Waals surface area (Å²) in [7, 11) is 3.23. The number of imidazole rings is 1. The first kappa shape index (κ1) is 8.87. The molecule has 1 N–H and O–H groups in total. The van der Waals surface area contributed by atoms with Crippen LogP contribution in [-0.2, 0) is 0 Å². The summed E-state index contributed by atoms with van der Waals surface area (Å²) in [5, 5.41) is 0. The zero-order valence-corrected chi connectivity index (χ0v) is 8.42. The third-order valence-electron chi connectivity index (χ3n) is 2.11. The van der Waals surface area contributed by atoms with E-state index in [4.69, 9.17) is 9.47 Å². The van der Waals surface area contributed by atoms with E-state index in [1.807, 2.05) is 19.1 Å². The van der Waals surface area contributed by atoms with Gasteiger partial charge in [-0.2, -0.15) is 0 Å². The molecule has 0 spiro atoms. The Bertz CT molecular complexity index is 421. The van der Waals surface area contributed by atoms with Crippen molar-refractivity contribution in [3.8, 4) is 11.5 Å². The van der Waals surface area contributed by atoms with E-state index in [0.29, 0.717) is 11.5 Å². The maximum atomic E-state index is 5.18. The van der Waals surface area contributed by atoms with Gasteiger partial charge in [-0.3, -0.25) is 0 Å². The minimum Gasteiger partial charge on any atom is -0.493 e. The molecule has 1 heterocycles. The topological polar surface area (TPSA) is 47.1 Å². The molecule has 1 aromatic heterocycles. The van der Waals surface area contributed by atoms with E-state index in [1.165, 1.54) is 0 Å². The quantitative estimate of drug-likeness (QED) is 0.790. The number of aromatic amines is 1. The highest BCUT2D eigenvalue weighted by Crippen LogP contribution is 2.30. The molecule has 4 nitrogen and oxygen atoms in total. The molecule has 1 aromatic carbocycles. The van der Waals surface area contributed by atoms with Crippen molar-refractivity contribution < 1.29 is 9.47 Å². The van der Waals surface area contributed by atoms with Crippen LogP contribution in [0.1, 0.15) is 5.82 Å². The van der Waals surface area contributed by atoms with Crippen LogP contribution in [0.4, 0.5) is 0 Å². The summed E-state index contributed by atoms with van der Waals surface area (Å²) >= 11 is 0. The number of nitrogens with one attached hydrogen (secondary N) is 1. The SMILES string of the molecule is COc1cc2nc(C)[nH]c2cc1OC. The highest BCUT2D eigenvalue weighted by Gasteiger charge is 2.07.